The molecule has 0 unspecified atom stereocenters. The number of aliphatic carboxylic acids is 1. The van der Waals surface area contributed by atoms with Gasteiger partial charge in [-0.15, -0.1) is 0 Å². The molecule has 3 N–H and O–H groups in total. The van der Waals surface area contributed by atoms with Gasteiger partial charge in [-0.05, 0) is 48.0 Å². The predicted octanol–water partition coefficient (Wildman–Crippen LogP) is 3.46. The molecule has 27 heavy (non-hydrogen) atoms. The van der Waals surface area contributed by atoms with E-state index in [9.17, 15) is 14.4 Å². The average molecular weight is 452 g/mol. The van der Waals surface area contributed by atoms with E-state index >= 15 is 0 Å². The normalized spacial score (nSPS) is 11.0. The third-order valence-corrected chi connectivity index (χ3v) is 4.19. The number of carboxylic acids is 1. The largest absolute Gasteiger partial charge is 0.481 e. The Morgan fingerprint density at radius 2 is 1.67 bits per heavy atom. The molecular formula is C19H16BrClN2O4. The molecule has 0 radical (unpaired) electrons. The molecule has 2 amide bonds. The first-order chi connectivity index (χ1) is 12.8. The summed E-state index contributed by atoms with van der Waals surface area (Å²) >= 11 is 9.15. The number of carbonyl (C=O) groups is 3. The number of nitrogens with one attached hydrogen (secondary N) is 2. The number of hydrogen-bond acceptors (Lipinski definition) is 3. The van der Waals surface area contributed by atoms with Crippen LogP contribution in [0, 0.1) is 0 Å². The van der Waals surface area contributed by atoms with E-state index in [0.717, 1.165) is 4.47 Å². The number of amides is 2. The minimum absolute atomic E-state index is 0.00405. The minimum Gasteiger partial charge on any atom is -0.481 e. The zero-order valence-corrected chi connectivity index (χ0v) is 16.4. The van der Waals surface area contributed by atoms with E-state index in [1.54, 1.807) is 48.5 Å². The summed E-state index contributed by atoms with van der Waals surface area (Å²) in [5.74, 6) is -2.08. The lowest BCUT2D eigenvalue weighted by atomic mass is 10.1. The van der Waals surface area contributed by atoms with E-state index in [-0.39, 0.29) is 18.7 Å². The van der Waals surface area contributed by atoms with Crippen molar-refractivity contribution in [3.63, 3.8) is 0 Å². The molecule has 140 valence electrons. The molecule has 0 saturated carbocycles. The number of benzene rings is 2. The van der Waals surface area contributed by atoms with Gasteiger partial charge in [0.25, 0.3) is 11.8 Å². The summed E-state index contributed by atoms with van der Waals surface area (Å²) in [5.41, 5.74) is 1.02. The highest BCUT2D eigenvalue weighted by Gasteiger charge is 2.15. The Labute approximate surface area is 169 Å². The first-order valence-corrected chi connectivity index (χ1v) is 9.06. The lowest BCUT2D eigenvalue weighted by Crippen LogP contribution is -2.35. The summed E-state index contributed by atoms with van der Waals surface area (Å²) in [5, 5.41) is 14.3. The fourth-order valence-electron chi connectivity index (χ4n) is 2.06. The van der Waals surface area contributed by atoms with Crippen molar-refractivity contribution in [3.05, 3.63) is 74.9 Å². The number of rotatable bonds is 7. The van der Waals surface area contributed by atoms with Gasteiger partial charge in [0.2, 0.25) is 0 Å². The van der Waals surface area contributed by atoms with Gasteiger partial charge in [0, 0.05) is 21.6 Å². The standard InChI is InChI=1S/C19H16BrClN2O4/c20-14-5-3-13(4-6-14)18(26)23-16(19(27)22-10-9-17(24)25)11-12-1-7-15(21)8-2-12/h1-8,11H,9-10H2,(H,22,27)(H,23,26)(H,24,25). The molecule has 0 fully saturated rings. The number of carboxylic acid groups (broad SMARTS) is 1. The van der Waals surface area contributed by atoms with Crippen molar-refractivity contribution in [2.24, 2.45) is 0 Å². The molecule has 0 aliphatic rings. The van der Waals surface area contributed by atoms with E-state index in [0.29, 0.717) is 16.1 Å². The van der Waals surface area contributed by atoms with Crippen molar-refractivity contribution < 1.29 is 19.5 Å². The summed E-state index contributed by atoms with van der Waals surface area (Å²) in [6, 6.07) is 13.4. The van der Waals surface area contributed by atoms with Gasteiger partial charge in [-0.25, -0.2) is 0 Å². The molecule has 0 aromatic heterocycles. The fraction of sp³-hybridized carbons (Fsp3) is 0.105. The Bertz CT molecular complexity index is 864. The molecular weight excluding hydrogens is 436 g/mol. The Kier molecular flexibility index (Phi) is 7.57. The van der Waals surface area contributed by atoms with Gasteiger partial charge in [0.15, 0.2) is 0 Å². The third-order valence-electron chi connectivity index (χ3n) is 3.40. The Morgan fingerprint density at radius 1 is 1.04 bits per heavy atom. The van der Waals surface area contributed by atoms with Gasteiger partial charge in [0.1, 0.15) is 5.70 Å². The molecule has 2 rings (SSSR count). The molecule has 0 heterocycles. The molecule has 0 aliphatic carbocycles. The highest BCUT2D eigenvalue weighted by atomic mass is 79.9. The van der Waals surface area contributed by atoms with Crippen molar-refractivity contribution in [2.75, 3.05) is 6.54 Å². The van der Waals surface area contributed by atoms with Crippen LogP contribution in [0.3, 0.4) is 0 Å². The van der Waals surface area contributed by atoms with E-state index in [4.69, 9.17) is 16.7 Å². The van der Waals surface area contributed by atoms with Crippen LogP contribution in [-0.2, 0) is 9.59 Å². The Hall–Kier alpha value is -2.64. The molecule has 2 aromatic carbocycles. The van der Waals surface area contributed by atoms with E-state index in [1.165, 1.54) is 6.08 Å². The predicted molar refractivity (Wildman–Crippen MR) is 106 cm³/mol. The molecule has 8 heteroatoms. The van der Waals surface area contributed by atoms with Gasteiger partial charge >= 0.3 is 5.97 Å². The van der Waals surface area contributed by atoms with Gasteiger partial charge < -0.3 is 15.7 Å². The Morgan fingerprint density at radius 3 is 2.26 bits per heavy atom. The maximum Gasteiger partial charge on any atom is 0.305 e. The minimum atomic E-state index is -1.03. The van der Waals surface area contributed by atoms with Crippen LogP contribution in [0.4, 0.5) is 0 Å². The topological polar surface area (TPSA) is 95.5 Å². The van der Waals surface area contributed by atoms with Crippen LogP contribution in [-0.4, -0.2) is 29.4 Å². The second-order valence-electron chi connectivity index (χ2n) is 5.47. The van der Waals surface area contributed by atoms with Gasteiger partial charge in [-0.3, -0.25) is 14.4 Å². The zero-order valence-electron chi connectivity index (χ0n) is 14.0. The molecule has 0 atom stereocenters. The van der Waals surface area contributed by atoms with Gasteiger partial charge in [-0.1, -0.05) is 39.7 Å². The highest BCUT2D eigenvalue weighted by molar-refractivity contribution is 9.10. The SMILES string of the molecule is O=C(O)CCNC(=O)C(=Cc1ccc(Cl)cc1)NC(=O)c1ccc(Br)cc1. The van der Waals surface area contributed by atoms with Gasteiger partial charge in [0.05, 0.1) is 6.42 Å². The van der Waals surface area contributed by atoms with E-state index < -0.39 is 17.8 Å². The van der Waals surface area contributed by atoms with Crippen molar-refractivity contribution in [1.82, 2.24) is 10.6 Å². The van der Waals surface area contributed by atoms with Crippen LogP contribution in [0.5, 0.6) is 0 Å². The number of hydrogen-bond donors (Lipinski definition) is 3. The number of carbonyl (C=O) groups excluding carboxylic acids is 2. The average Bonchev–Trinajstić information content (AvgIpc) is 2.63. The van der Waals surface area contributed by atoms with Crippen LogP contribution < -0.4 is 10.6 Å². The third kappa shape index (κ3) is 6.88. The lowest BCUT2D eigenvalue weighted by molar-refractivity contribution is -0.136. The van der Waals surface area contributed by atoms with E-state index in [1.807, 2.05) is 0 Å². The van der Waals surface area contributed by atoms with Crippen LogP contribution in [0.1, 0.15) is 22.3 Å². The van der Waals surface area contributed by atoms with Crippen molar-refractivity contribution in [2.45, 2.75) is 6.42 Å². The monoisotopic (exact) mass is 450 g/mol. The summed E-state index contributed by atoms with van der Waals surface area (Å²) in [4.78, 5) is 35.4. The molecule has 2 aromatic rings. The van der Waals surface area contributed by atoms with Crippen molar-refractivity contribution in [3.8, 4) is 0 Å². The summed E-state index contributed by atoms with van der Waals surface area (Å²) in [6.07, 6.45) is 1.27. The summed E-state index contributed by atoms with van der Waals surface area (Å²) < 4.78 is 0.822. The van der Waals surface area contributed by atoms with Crippen LogP contribution in [0.2, 0.25) is 5.02 Å². The molecule has 0 saturated heterocycles. The fourth-order valence-corrected chi connectivity index (χ4v) is 2.45. The first-order valence-electron chi connectivity index (χ1n) is 7.89. The van der Waals surface area contributed by atoms with Crippen LogP contribution in [0.15, 0.2) is 58.7 Å². The first kappa shape index (κ1) is 20.7. The smallest absolute Gasteiger partial charge is 0.305 e. The lowest BCUT2D eigenvalue weighted by Gasteiger charge is -2.11. The maximum absolute atomic E-state index is 12.4. The van der Waals surface area contributed by atoms with Crippen molar-refractivity contribution in [1.29, 1.82) is 0 Å². The molecule has 6 nitrogen and oxygen atoms in total. The van der Waals surface area contributed by atoms with Crippen molar-refractivity contribution >= 4 is 51.4 Å². The Balaban J connectivity index is 2.21. The van der Waals surface area contributed by atoms with Crippen LogP contribution >= 0.6 is 27.5 Å². The molecule has 0 spiro atoms. The molecule has 0 aliphatic heterocycles. The highest BCUT2D eigenvalue weighted by Crippen LogP contribution is 2.14. The second kappa shape index (κ2) is 9.89. The summed E-state index contributed by atoms with van der Waals surface area (Å²) in [6.45, 7) is -0.0553. The van der Waals surface area contributed by atoms with Crippen LogP contribution in [0.25, 0.3) is 6.08 Å². The quantitative estimate of drug-likeness (QED) is 0.562. The number of halogens is 2. The zero-order chi connectivity index (χ0) is 19.8. The van der Waals surface area contributed by atoms with Gasteiger partial charge in [-0.2, -0.15) is 0 Å². The molecule has 0 bridgehead atoms. The second-order valence-corrected chi connectivity index (χ2v) is 6.82. The van der Waals surface area contributed by atoms with E-state index in [2.05, 4.69) is 26.6 Å². The summed E-state index contributed by atoms with van der Waals surface area (Å²) in [7, 11) is 0. The maximum atomic E-state index is 12.4.